The SMILES string of the molecule is OCCCn1ccnc1. The smallest absolute Gasteiger partial charge is 0.0945 e. The molecule has 0 saturated heterocycles. The molecule has 50 valence electrons. The Kier molecular flexibility index (Phi) is 2.27. The minimum atomic E-state index is 0.248. The maximum absolute atomic E-state index is 8.43. The Morgan fingerprint density at radius 2 is 2.44 bits per heavy atom. The van der Waals surface area contributed by atoms with Gasteiger partial charge in [-0.1, -0.05) is 0 Å². The van der Waals surface area contributed by atoms with Gasteiger partial charge in [-0.25, -0.2) is 4.98 Å². The summed E-state index contributed by atoms with van der Waals surface area (Å²) in [5, 5.41) is 8.43. The second-order valence-electron chi connectivity index (χ2n) is 1.88. The number of aliphatic hydroxyl groups is 1. The molecule has 3 heteroatoms. The Hall–Kier alpha value is -0.830. The van der Waals surface area contributed by atoms with E-state index in [9.17, 15) is 0 Å². The van der Waals surface area contributed by atoms with E-state index in [2.05, 4.69) is 4.98 Å². The highest BCUT2D eigenvalue weighted by atomic mass is 16.3. The lowest BCUT2D eigenvalue weighted by Gasteiger charge is -1.96. The summed E-state index contributed by atoms with van der Waals surface area (Å²) in [5.41, 5.74) is 0. The molecule has 0 aliphatic heterocycles. The first-order valence-corrected chi connectivity index (χ1v) is 3.00. The highest BCUT2D eigenvalue weighted by Crippen LogP contribution is 1.87. The molecule has 1 N–H and O–H groups in total. The fraction of sp³-hybridized carbons (Fsp3) is 0.500. The van der Waals surface area contributed by atoms with Gasteiger partial charge >= 0.3 is 0 Å². The molecule has 0 aromatic carbocycles. The van der Waals surface area contributed by atoms with E-state index in [0.717, 1.165) is 13.0 Å². The Morgan fingerprint density at radius 1 is 1.56 bits per heavy atom. The van der Waals surface area contributed by atoms with Crippen LogP contribution in [0.2, 0.25) is 0 Å². The molecule has 0 bridgehead atoms. The molecule has 1 aromatic heterocycles. The van der Waals surface area contributed by atoms with Crippen LogP contribution in [0.4, 0.5) is 0 Å². The standard InChI is InChI=1S/C6H10N2O/c9-5-1-3-8-4-2-7-6-8/h2,4,6,9H,1,3,5H2. The minimum absolute atomic E-state index is 0.248. The van der Waals surface area contributed by atoms with Gasteiger partial charge in [-0.05, 0) is 6.42 Å². The zero-order valence-corrected chi connectivity index (χ0v) is 5.20. The summed E-state index contributed by atoms with van der Waals surface area (Å²) in [7, 11) is 0. The Bertz CT molecular complexity index is 148. The maximum atomic E-state index is 8.43. The van der Waals surface area contributed by atoms with Gasteiger partial charge in [0.2, 0.25) is 0 Å². The number of imidazole rings is 1. The van der Waals surface area contributed by atoms with Crippen LogP contribution in [0.1, 0.15) is 6.42 Å². The molecule has 1 heterocycles. The molecule has 0 saturated carbocycles. The third kappa shape index (κ3) is 1.85. The third-order valence-electron chi connectivity index (χ3n) is 1.13. The lowest BCUT2D eigenvalue weighted by Crippen LogP contribution is -1.96. The lowest BCUT2D eigenvalue weighted by molar-refractivity contribution is 0.280. The van der Waals surface area contributed by atoms with Crippen molar-refractivity contribution in [3.63, 3.8) is 0 Å². The molecule has 0 unspecified atom stereocenters. The minimum Gasteiger partial charge on any atom is -0.396 e. The molecule has 0 radical (unpaired) electrons. The van der Waals surface area contributed by atoms with Crippen LogP contribution in [0.25, 0.3) is 0 Å². The van der Waals surface area contributed by atoms with Gasteiger partial charge in [0.05, 0.1) is 6.33 Å². The second-order valence-corrected chi connectivity index (χ2v) is 1.88. The quantitative estimate of drug-likeness (QED) is 0.631. The van der Waals surface area contributed by atoms with Crippen LogP contribution in [0.3, 0.4) is 0 Å². The van der Waals surface area contributed by atoms with E-state index in [4.69, 9.17) is 5.11 Å². The lowest BCUT2D eigenvalue weighted by atomic mass is 10.4. The average Bonchev–Trinajstić information content (AvgIpc) is 2.34. The van der Waals surface area contributed by atoms with E-state index < -0.39 is 0 Å². The van der Waals surface area contributed by atoms with Gasteiger partial charge in [0, 0.05) is 25.5 Å². The molecule has 3 nitrogen and oxygen atoms in total. The molecule has 0 aliphatic rings. The summed E-state index contributed by atoms with van der Waals surface area (Å²) >= 11 is 0. The van der Waals surface area contributed by atoms with Crippen molar-refractivity contribution in [2.24, 2.45) is 0 Å². The molecule has 1 rings (SSSR count). The summed E-state index contributed by atoms with van der Waals surface area (Å²) in [6.07, 6.45) is 6.17. The molecule has 0 atom stereocenters. The van der Waals surface area contributed by atoms with E-state index in [0.29, 0.717) is 0 Å². The van der Waals surface area contributed by atoms with E-state index in [1.165, 1.54) is 0 Å². The van der Waals surface area contributed by atoms with Crippen molar-refractivity contribution in [2.75, 3.05) is 6.61 Å². The number of rotatable bonds is 3. The first-order valence-electron chi connectivity index (χ1n) is 3.00. The van der Waals surface area contributed by atoms with Crippen LogP contribution < -0.4 is 0 Å². The molecule has 0 aliphatic carbocycles. The van der Waals surface area contributed by atoms with Crippen LogP contribution in [0.15, 0.2) is 18.7 Å². The predicted octanol–water partition coefficient (Wildman–Crippen LogP) is 0.266. The van der Waals surface area contributed by atoms with Crippen molar-refractivity contribution >= 4 is 0 Å². The number of hydrogen-bond donors (Lipinski definition) is 1. The summed E-state index contributed by atoms with van der Waals surface area (Å²) in [5.74, 6) is 0. The molecule has 0 amide bonds. The van der Waals surface area contributed by atoms with Gasteiger partial charge in [-0.2, -0.15) is 0 Å². The van der Waals surface area contributed by atoms with Gasteiger partial charge in [-0.3, -0.25) is 0 Å². The number of aromatic nitrogens is 2. The monoisotopic (exact) mass is 126 g/mol. The summed E-state index contributed by atoms with van der Waals surface area (Å²) in [4.78, 5) is 3.86. The first-order chi connectivity index (χ1) is 4.43. The van der Waals surface area contributed by atoms with Gasteiger partial charge < -0.3 is 9.67 Å². The highest BCUT2D eigenvalue weighted by molar-refractivity contribution is 4.73. The molecule has 1 aromatic rings. The van der Waals surface area contributed by atoms with Crippen LogP contribution >= 0.6 is 0 Å². The van der Waals surface area contributed by atoms with E-state index >= 15 is 0 Å². The molecule has 0 fully saturated rings. The molecular weight excluding hydrogens is 116 g/mol. The zero-order valence-electron chi connectivity index (χ0n) is 5.20. The van der Waals surface area contributed by atoms with Crippen molar-refractivity contribution in [2.45, 2.75) is 13.0 Å². The van der Waals surface area contributed by atoms with E-state index in [1.54, 1.807) is 12.5 Å². The first kappa shape index (κ1) is 6.29. The number of aliphatic hydroxyl groups excluding tert-OH is 1. The van der Waals surface area contributed by atoms with Crippen molar-refractivity contribution < 1.29 is 5.11 Å². The fourth-order valence-electron chi connectivity index (χ4n) is 0.672. The summed E-state index contributed by atoms with van der Waals surface area (Å²) < 4.78 is 1.94. The molecule has 0 spiro atoms. The van der Waals surface area contributed by atoms with Crippen molar-refractivity contribution in [3.05, 3.63) is 18.7 Å². The predicted molar refractivity (Wildman–Crippen MR) is 33.9 cm³/mol. The van der Waals surface area contributed by atoms with Gasteiger partial charge in [0.15, 0.2) is 0 Å². The van der Waals surface area contributed by atoms with Crippen LogP contribution in [-0.2, 0) is 6.54 Å². The normalized spacial score (nSPS) is 9.89. The Labute approximate surface area is 54.0 Å². The Morgan fingerprint density at radius 3 is 3.00 bits per heavy atom. The third-order valence-corrected chi connectivity index (χ3v) is 1.13. The van der Waals surface area contributed by atoms with Crippen LogP contribution in [0, 0.1) is 0 Å². The van der Waals surface area contributed by atoms with Gasteiger partial charge in [-0.15, -0.1) is 0 Å². The van der Waals surface area contributed by atoms with Crippen LogP contribution in [0.5, 0.6) is 0 Å². The molecule has 9 heavy (non-hydrogen) atoms. The fourth-order valence-corrected chi connectivity index (χ4v) is 0.672. The van der Waals surface area contributed by atoms with Gasteiger partial charge in [0.25, 0.3) is 0 Å². The Balaban J connectivity index is 2.30. The topological polar surface area (TPSA) is 38.0 Å². The summed E-state index contributed by atoms with van der Waals surface area (Å²) in [6.45, 7) is 1.11. The largest absolute Gasteiger partial charge is 0.396 e. The number of nitrogens with zero attached hydrogens (tertiary/aromatic N) is 2. The summed E-state index contributed by atoms with van der Waals surface area (Å²) in [6, 6.07) is 0. The van der Waals surface area contributed by atoms with E-state index in [1.807, 2.05) is 10.8 Å². The second kappa shape index (κ2) is 3.25. The highest BCUT2D eigenvalue weighted by Gasteiger charge is 1.85. The van der Waals surface area contributed by atoms with Gasteiger partial charge in [0.1, 0.15) is 0 Å². The zero-order chi connectivity index (χ0) is 6.53. The van der Waals surface area contributed by atoms with Crippen molar-refractivity contribution in [1.82, 2.24) is 9.55 Å². The molecular formula is C6H10N2O. The van der Waals surface area contributed by atoms with Crippen molar-refractivity contribution in [1.29, 1.82) is 0 Å². The average molecular weight is 126 g/mol. The number of aryl methyl sites for hydroxylation is 1. The van der Waals surface area contributed by atoms with Crippen LogP contribution in [-0.4, -0.2) is 21.3 Å². The van der Waals surface area contributed by atoms with E-state index in [-0.39, 0.29) is 6.61 Å². The maximum Gasteiger partial charge on any atom is 0.0945 e. The van der Waals surface area contributed by atoms with Crippen molar-refractivity contribution in [3.8, 4) is 0 Å². The number of hydrogen-bond acceptors (Lipinski definition) is 2.